The van der Waals surface area contributed by atoms with Crippen molar-refractivity contribution in [2.75, 3.05) is 16.8 Å². The van der Waals surface area contributed by atoms with Gasteiger partial charge >= 0.3 is 0 Å². The highest BCUT2D eigenvalue weighted by Crippen LogP contribution is 2.32. The molecule has 0 aromatic heterocycles. The summed E-state index contributed by atoms with van der Waals surface area (Å²) in [6.45, 7) is -0.257. The van der Waals surface area contributed by atoms with Crippen LogP contribution in [0.1, 0.15) is 0 Å². The number of non-ortho nitro benzene ring substituents is 1. The summed E-state index contributed by atoms with van der Waals surface area (Å²) >= 11 is 0. The SMILES string of the molecule is O=C(CN1N=N[C@@H]2C(=O)N(c3ccc([N+](=O)[O-])cc3)C(=O)[C@H]21)Nc1ccccc1. The lowest BCUT2D eigenvalue weighted by atomic mass is 10.1. The molecular formula is C18H14N6O5. The first kappa shape index (κ1) is 18.2. The normalized spacial score (nSPS) is 20.1. The summed E-state index contributed by atoms with van der Waals surface area (Å²) in [5.74, 6) is -1.60. The van der Waals surface area contributed by atoms with Gasteiger partial charge in [0.1, 0.15) is 6.54 Å². The summed E-state index contributed by atoms with van der Waals surface area (Å²) in [7, 11) is 0. The van der Waals surface area contributed by atoms with Crippen molar-refractivity contribution in [1.82, 2.24) is 5.01 Å². The van der Waals surface area contributed by atoms with Crippen LogP contribution >= 0.6 is 0 Å². The van der Waals surface area contributed by atoms with Gasteiger partial charge in [0.25, 0.3) is 17.5 Å². The fourth-order valence-electron chi connectivity index (χ4n) is 3.20. The molecule has 0 bridgehead atoms. The number of amides is 3. The van der Waals surface area contributed by atoms with Crippen molar-refractivity contribution in [3.63, 3.8) is 0 Å². The van der Waals surface area contributed by atoms with E-state index in [1.165, 1.54) is 29.3 Å². The monoisotopic (exact) mass is 394 g/mol. The van der Waals surface area contributed by atoms with Gasteiger partial charge in [0.05, 0.1) is 10.6 Å². The predicted molar refractivity (Wildman–Crippen MR) is 99.8 cm³/mol. The van der Waals surface area contributed by atoms with Crippen LogP contribution in [0.4, 0.5) is 17.1 Å². The fraction of sp³-hybridized carbons (Fsp3) is 0.167. The molecule has 2 heterocycles. The molecule has 29 heavy (non-hydrogen) atoms. The van der Waals surface area contributed by atoms with E-state index in [9.17, 15) is 24.5 Å². The van der Waals surface area contributed by atoms with Gasteiger partial charge < -0.3 is 5.32 Å². The van der Waals surface area contributed by atoms with Crippen LogP contribution in [0.3, 0.4) is 0 Å². The Hall–Kier alpha value is -4.15. The van der Waals surface area contributed by atoms with Gasteiger partial charge in [-0.25, -0.2) is 4.90 Å². The van der Waals surface area contributed by atoms with Gasteiger partial charge in [0.15, 0.2) is 12.1 Å². The van der Waals surface area contributed by atoms with Crippen LogP contribution < -0.4 is 10.2 Å². The molecule has 2 aliphatic heterocycles. The van der Waals surface area contributed by atoms with Crippen LogP contribution in [0.15, 0.2) is 64.9 Å². The highest BCUT2D eigenvalue weighted by Gasteiger charge is 2.55. The molecule has 0 saturated carbocycles. The molecule has 146 valence electrons. The molecule has 2 aromatic carbocycles. The lowest BCUT2D eigenvalue weighted by Gasteiger charge is -2.20. The summed E-state index contributed by atoms with van der Waals surface area (Å²) < 4.78 is 0. The first-order valence-electron chi connectivity index (χ1n) is 8.60. The van der Waals surface area contributed by atoms with Crippen molar-refractivity contribution in [1.29, 1.82) is 0 Å². The standard InChI is InChI=1S/C18H14N6O5/c25-14(19-11-4-2-1-3-5-11)10-22-16-15(20-21-22)17(26)23(18(16)27)12-6-8-13(9-7-12)24(28)29/h1-9,15-16H,10H2,(H,19,25)/t15-,16-/m0/s1. The topological polar surface area (TPSA) is 138 Å². The third-order valence-corrected chi connectivity index (χ3v) is 4.54. The van der Waals surface area contributed by atoms with E-state index in [1.54, 1.807) is 24.3 Å². The zero-order valence-corrected chi connectivity index (χ0v) is 14.8. The highest BCUT2D eigenvalue weighted by atomic mass is 16.6. The summed E-state index contributed by atoms with van der Waals surface area (Å²) in [6.07, 6.45) is 0. The van der Waals surface area contributed by atoms with E-state index in [1.807, 2.05) is 6.07 Å². The smallest absolute Gasteiger partial charge is 0.269 e. The molecule has 11 heteroatoms. The van der Waals surface area contributed by atoms with Gasteiger partial charge in [0, 0.05) is 17.8 Å². The molecule has 1 saturated heterocycles. The number of anilines is 2. The van der Waals surface area contributed by atoms with E-state index in [-0.39, 0.29) is 17.9 Å². The quantitative estimate of drug-likeness (QED) is 0.464. The number of nitrogens with zero attached hydrogens (tertiary/aromatic N) is 5. The number of rotatable bonds is 5. The zero-order chi connectivity index (χ0) is 20.5. The Kier molecular flexibility index (Phi) is 4.47. The molecule has 0 unspecified atom stereocenters. The minimum absolute atomic E-state index is 0.160. The third kappa shape index (κ3) is 3.29. The molecule has 2 atom stereocenters. The van der Waals surface area contributed by atoms with Gasteiger partial charge in [-0.2, -0.15) is 5.11 Å². The zero-order valence-electron chi connectivity index (χ0n) is 14.8. The molecule has 0 radical (unpaired) electrons. The second kappa shape index (κ2) is 7.11. The van der Waals surface area contributed by atoms with Crippen LogP contribution in [0.25, 0.3) is 0 Å². The molecule has 2 aliphatic rings. The Morgan fingerprint density at radius 1 is 1.07 bits per heavy atom. The molecule has 2 aromatic rings. The van der Waals surface area contributed by atoms with Crippen LogP contribution in [-0.4, -0.2) is 46.3 Å². The van der Waals surface area contributed by atoms with Crippen LogP contribution in [0.5, 0.6) is 0 Å². The second-order valence-corrected chi connectivity index (χ2v) is 6.39. The lowest BCUT2D eigenvalue weighted by molar-refractivity contribution is -0.384. The van der Waals surface area contributed by atoms with E-state index in [0.717, 1.165) is 4.90 Å². The average Bonchev–Trinajstić information content (AvgIpc) is 3.22. The minimum Gasteiger partial charge on any atom is -0.324 e. The van der Waals surface area contributed by atoms with Crippen LogP contribution in [0.2, 0.25) is 0 Å². The molecule has 1 N–H and O–H groups in total. The van der Waals surface area contributed by atoms with Gasteiger partial charge in [-0.15, -0.1) is 0 Å². The van der Waals surface area contributed by atoms with Crippen molar-refractivity contribution in [3.05, 3.63) is 64.7 Å². The van der Waals surface area contributed by atoms with Crippen LogP contribution in [-0.2, 0) is 14.4 Å². The molecule has 3 amide bonds. The van der Waals surface area contributed by atoms with Crippen LogP contribution in [0, 0.1) is 10.1 Å². The third-order valence-electron chi connectivity index (χ3n) is 4.54. The first-order chi connectivity index (χ1) is 14.0. The number of nitro groups is 1. The number of para-hydroxylation sites is 1. The molecule has 0 aliphatic carbocycles. The maximum Gasteiger partial charge on any atom is 0.269 e. The van der Waals surface area contributed by atoms with Gasteiger partial charge in [-0.05, 0) is 24.3 Å². The fourth-order valence-corrected chi connectivity index (χ4v) is 3.20. The van der Waals surface area contributed by atoms with Crippen molar-refractivity contribution in [2.24, 2.45) is 10.3 Å². The molecule has 11 nitrogen and oxygen atoms in total. The maximum absolute atomic E-state index is 12.8. The van der Waals surface area contributed by atoms with Gasteiger partial charge in [0.2, 0.25) is 5.91 Å². The summed E-state index contributed by atoms with van der Waals surface area (Å²) in [6, 6.07) is 11.7. The van der Waals surface area contributed by atoms with Crippen molar-refractivity contribution >= 4 is 34.8 Å². The Morgan fingerprint density at radius 2 is 1.76 bits per heavy atom. The predicted octanol–water partition coefficient (Wildman–Crippen LogP) is 1.53. The van der Waals surface area contributed by atoms with E-state index < -0.39 is 34.7 Å². The molecule has 0 spiro atoms. The van der Waals surface area contributed by atoms with Crippen molar-refractivity contribution < 1.29 is 19.3 Å². The average molecular weight is 394 g/mol. The number of carbonyl (C=O) groups is 3. The number of nitro benzene ring substituents is 1. The Bertz CT molecular complexity index is 1020. The van der Waals surface area contributed by atoms with E-state index in [2.05, 4.69) is 15.7 Å². The first-order valence-corrected chi connectivity index (χ1v) is 8.60. The Labute approximate surface area is 163 Å². The minimum atomic E-state index is -1.05. The molecule has 4 rings (SSSR count). The number of nitrogens with one attached hydrogen (secondary N) is 1. The summed E-state index contributed by atoms with van der Waals surface area (Å²) in [4.78, 5) is 48.9. The van der Waals surface area contributed by atoms with E-state index in [4.69, 9.17) is 0 Å². The summed E-state index contributed by atoms with van der Waals surface area (Å²) in [5, 5.41) is 22.3. The highest BCUT2D eigenvalue weighted by molar-refractivity contribution is 6.25. The second-order valence-electron chi connectivity index (χ2n) is 6.39. The maximum atomic E-state index is 12.8. The van der Waals surface area contributed by atoms with E-state index >= 15 is 0 Å². The van der Waals surface area contributed by atoms with Gasteiger partial charge in [-0.3, -0.25) is 29.5 Å². The van der Waals surface area contributed by atoms with Crippen molar-refractivity contribution in [3.8, 4) is 0 Å². The number of hydrogen-bond acceptors (Lipinski definition) is 8. The Balaban J connectivity index is 1.49. The summed E-state index contributed by atoms with van der Waals surface area (Å²) in [5.41, 5.74) is 0.627. The number of imide groups is 1. The number of carbonyl (C=O) groups excluding carboxylic acids is 3. The van der Waals surface area contributed by atoms with E-state index in [0.29, 0.717) is 5.69 Å². The van der Waals surface area contributed by atoms with Gasteiger partial charge in [-0.1, -0.05) is 23.4 Å². The number of hydrogen-bond donors (Lipinski definition) is 1. The number of benzene rings is 2. The largest absolute Gasteiger partial charge is 0.324 e. The Morgan fingerprint density at radius 3 is 2.41 bits per heavy atom. The van der Waals surface area contributed by atoms with Crippen molar-refractivity contribution in [2.45, 2.75) is 12.1 Å². The lowest BCUT2D eigenvalue weighted by Crippen LogP contribution is -2.43. The number of fused-ring (bicyclic) bond motifs is 1. The molecular weight excluding hydrogens is 380 g/mol. The molecule has 1 fully saturated rings.